The van der Waals surface area contributed by atoms with Crippen LogP contribution in [0.3, 0.4) is 0 Å². The molecule has 0 fully saturated rings. The van der Waals surface area contributed by atoms with Crippen molar-refractivity contribution in [1.29, 1.82) is 0 Å². The van der Waals surface area contributed by atoms with Crippen molar-refractivity contribution >= 4 is 23.7 Å². The zero-order chi connectivity index (χ0) is 15.2. The van der Waals surface area contributed by atoms with Crippen LogP contribution in [0.25, 0.3) is 0 Å². The maximum Gasteiger partial charge on any atom is 0.337 e. The van der Waals surface area contributed by atoms with Crippen molar-refractivity contribution in [3.63, 3.8) is 0 Å². The SMILES string of the molecule is COC(=O)c1ccc(C=Nc2ccc(C(C)=O)cc2)cc1. The van der Waals surface area contributed by atoms with Crippen LogP contribution < -0.4 is 0 Å². The molecule has 21 heavy (non-hydrogen) atoms. The van der Waals surface area contributed by atoms with Gasteiger partial charge >= 0.3 is 5.97 Å². The first-order valence-electron chi connectivity index (χ1n) is 6.43. The zero-order valence-corrected chi connectivity index (χ0v) is 11.9. The van der Waals surface area contributed by atoms with E-state index < -0.39 is 0 Å². The molecule has 0 amide bonds. The Balaban J connectivity index is 2.10. The van der Waals surface area contributed by atoms with Gasteiger partial charge in [-0.25, -0.2) is 4.79 Å². The van der Waals surface area contributed by atoms with Crippen LogP contribution in [0.1, 0.15) is 33.2 Å². The van der Waals surface area contributed by atoms with E-state index >= 15 is 0 Å². The third kappa shape index (κ3) is 3.86. The lowest BCUT2D eigenvalue weighted by molar-refractivity contribution is 0.0600. The maximum atomic E-state index is 11.3. The van der Waals surface area contributed by atoms with Gasteiger partial charge in [-0.1, -0.05) is 12.1 Å². The standard InChI is InChI=1S/C17H15NO3/c1-12(19)14-7-9-16(10-8-14)18-11-13-3-5-15(6-4-13)17(20)21-2/h3-11H,1-2H3. The van der Waals surface area contributed by atoms with Crippen molar-refractivity contribution < 1.29 is 14.3 Å². The van der Waals surface area contributed by atoms with E-state index in [-0.39, 0.29) is 11.8 Å². The largest absolute Gasteiger partial charge is 0.465 e. The number of rotatable bonds is 4. The van der Waals surface area contributed by atoms with E-state index in [1.807, 2.05) is 0 Å². The number of ether oxygens (including phenoxy) is 1. The third-order valence-electron chi connectivity index (χ3n) is 2.97. The predicted molar refractivity (Wildman–Crippen MR) is 81.5 cm³/mol. The van der Waals surface area contributed by atoms with Crippen molar-refractivity contribution in [3.05, 3.63) is 65.2 Å². The zero-order valence-electron chi connectivity index (χ0n) is 11.9. The van der Waals surface area contributed by atoms with Crippen LogP contribution in [-0.4, -0.2) is 25.1 Å². The molecule has 0 aliphatic heterocycles. The summed E-state index contributed by atoms with van der Waals surface area (Å²) in [6.07, 6.45) is 1.70. The first-order valence-corrected chi connectivity index (χ1v) is 6.43. The number of methoxy groups -OCH3 is 1. The van der Waals surface area contributed by atoms with Crippen LogP contribution in [0.4, 0.5) is 5.69 Å². The normalized spacial score (nSPS) is 10.6. The van der Waals surface area contributed by atoms with Gasteiger partial charge in [0.15, 0.2) is 5.78 Å². The molecule has 0 saturated heterocycles. The molecule has 0 unspecified atom stereocenters. The van der Waals surface area contributed by atoms with Gasteiger partial charge in [0.05, 0.1) is 18.4 Å². The first kappa shape index (κ1) is 14.7. The summed E-state index contributed by atoms with van der Waals surface area (Å²) in [5, 5.41) is 0. The number of aliphatic imine (C=N–C) groups is 1. The molecule has 0 atom stereocenters. The first-order chi connectivity index (χ1) is 10.1. The molecule has 4 heteroatoms. The van der Waals surface area contributed by atoms with Gasteiger partial charge in [0.1, 0.15) is 0 Å². The summed E-state index contributed by atoms with van der Waals surface area (Å²) in [5.74, 6) is -0.331. The molecule has 2 aromatic rings. The number of nitrogens with zero attached hydrogens (tertiary/aromatic N) is 1. The molecule has 0 N–H and O–H groups in total. The van der Waals surface area contributed by atoms with Gasteiger partial charge in [-0.2, -0.15) is 0 Å². The second-order valence-corrected chi connectivity index (χ2v) is 4.47. The Labute approximate surface area is 123 Å². The smallest absolute Gasteiger partial charge is 0.337 e. The van der Waals surface area contributed by atoms with Crippen molar-refractivity contribution in [2.24, 2.45) is 4.99 Å². The van der Waals surface area contributed by atoms with E-state index in [1.165, 1.54) is 14.0 Å². The van der Waals surface area contributed by atoms with Crippen LogP contribution in [0.15, 0.2) is 53.5 Å². The molecule has 106 valence electrons. The summed E-state index contributed by atoms with van der Waals surface area (Å²) in [7, 11) is 1.35. The quantitative estimate of drug-likeness (QED) is 0.490. The van der Waals surface area contributed by atoms with Crippen LogP contribution >= 0.6 is 0 Å². The van der Waals surface area contributed by atoms with Crippen LogP contribution in [0.2, 0.25) is 0 Å². The number of carbonyl (C=O) groups excluding carboxylic acids is 2. The number of Topliss-reactive ketones (excluding diaryl/α,β-unsaturated/α-hetero) is 1. The number of ketones is 1. The Kier molecular flexibility index (Phi) is 4.61. The number of hydrogen-bond donors (Lipinski definition) is 0. The minimum absolute atomic E-state index is 0.0314. The van der Waals surface area contributed by atoms with Crippen molar-refractivity contribution in [2.45, 2.75) is 6.92 Å². The fourth-order valence-electron chi connectivity index (χ4n) is 1.75. The van der Waals surface area contributed by atoms with Gasteiger partial charge in [-0.05, 0) is 48.9 Å². The lowest BCUT2D eigenvalue weighted by Crippen LogP contribution is -2.00. The molecule has 0 radical (unpaired) electrons. The molecular formula is C17H15NO3. The predicted octanol–water partition coefficient (Wildman–Crippen LogP) is 3.43. The minimum Gasteiger partial charge on any atom is -0.465 e. The summed E-state index contributed by atoms with van der Waals surface area (Å²) < 4.78 is 4.64. The van der Waals surface area contributed by atoms with Gasteiger partial charge in [0.2, 0.25) is 0 Å². The van der Waals surface area contributed by atoms with E-state index in [2.05, 4.69) is 9.73 Å². The molecule has 0 aliphatic carbocycles. The van der Waals surface area contributed by atoms with Gasteiger partial charge in [-0.3, -0.25) is 9.79 Å². The number of benzene rings is 2. The average Bonchev–Trinajstić information content (AvgIpc) is 2.53. The summed E-state index contributed by atoms with van der Waals surface area (Å²) in [5.41, 5.74) is 2.80. The second kappa shape index (κ2) is 6.61. The molecule has 0 heterocycles. The molecule has 2 rings (SSSR count). The highest BCUT2D eigenvalue weighted by molar-refractivity contribution is 5.94. The van der Waals surface area contributed by atoms with E-state index in [0.29, 0.717) is 11.1 Å². The Bertz CT molecular complexity index is 670. The van der Waals surface area contributed by atoms with E-state index in [0.717, 1.165) is 11.3 Å². The third-order valence-corrected chi connectivity index (χ3v) is 2.97. The van der Waals surface area contributed by atoms with Gasteiger partial charge in [0.25, 0.3) is 0 Å². The monoisotopic (exact) mass is 281 g/mol. The fraction of sp³-hybridized carbons (Fsp3) is 0.118. The second-order valence-electron chi connectivity index (χ2n) is 4.47. The minimum atomic E-state index is -0.363. The average molecular weight is 281 g/mol. The molecular weight excluding hydrogens is 266 g/mol. The van der Waals surface area contributed by atoms with Gasteiger partial charge in [0, 0.05) is 11.8 Å². The number of hydrogen-bond acceptors (Lipinski definition) is 4. The molecule has 4 nitrogen and oxygen atoms in total. The molecule has 0 spiro atoms. The lowest BCUT2D eigenvalue weighted by atomic mass is 10.1. The van der Waals surface area contributed by atoms with E-state index in [4.69, 9.17) is 0 Å². The maximum absolute atomic E-state index is 11.3. The highest BCUT2D eigenvalue weighted by Gasteiger charge is 2.03. The van der Waals surface area contributed by atoms with Crippen molar-refractivity contribution in [1.82, 2.24) is 0 Å². The molecule has 2 aromatic carbocycles. The van der Waals surface area contributed by atoms with Crippen LogP contribution in [-0.2, 0) is 4.74 Å². The highest BCUT2D eigenvalue weighted by Crippen LogP contribution is 2.14. The number of esters is 1. The summed E-state index contributed by atoms with van der Waals surface area (Å²) in [6, 6.07) is 14.0. The van der Waals surface area contributed by atoms with E-state index in [9.17, 15) is 9.59 Å². The summed E-state index contributed by atoms with van der Waals surface area (Å²) in [4.78, 5) is 26.8. The number of carbonyl (C=O) groups is 2. The summed E-state index contributed by atoms with van der Waals surface area (Å²) >= 11 is 0. The van der Waals surface area contributed by atoms with Crippen LogP contribution in [0.5, 0.6) is 0 Å². The van der Waals surface area contributed by atoms with Crippen LogP contribution in [0, 0.1) is 0 Å². The van der Waals surface area contributed by atoms with E-state index in [1.54, 1.807) is 54.7 Å². The highest BCUT2D eigenvalue weighted by atomic mass is 16.5. The lowest BCUT2D eigenvalue weighted by Gasteiger charge is -1.99. The van der Waals surface area contributed by atoms with Gasteiger partial charge in [-0.15, -0.1) is 0 Å². The fourth-order valence-corrected chi connectivity index (χ4v) is 1.75. The molecule has 0 saturated carbocycles. The van der Waals surface area contributed by atoms with Crippen molar-refractivity contribution in [2.75, 3.05) is 7.11 Å². The Morgan fingerprint density at radius 1 is 0.952 bits per heavy atom. The molecule has 0 aromatic heterocycles. The Hall–Kier alpha value is -2.75. The topological polar surface area (TPSA) is 55.7 Å². The Morgan fingerprint density at radius 2 is 1.52 bits per heavy atom. The Morgan fingerprint density at radius 3 is 2.05 bits per heavy atom. The molecule has 0 aliphatic rings. The summed E-state index contributed by atoms with van der Waals surface area (Å²) in [6.45, 7) is 1.53. The molecule has 0 bridgehead atoms. The van der Waals surface area contributed by atoms with Gasteiger partial charge < -0.3 is 4.74 Å². The van der Waals surface area contributed by atoms with Crippen molar-refractivity contribution in [3.8, 4) is 0 Å².